The smallest absolute Gasteiger partial charge is 0.319 e. The summed E-state index contributed by atoms with van der Waals surface area (Å²) in [5, 5.41) is 5.67. The SMILES string of the molecule is COc1ccc([C@H]2NC(=O)NC3=C2C(=O)CC(C)(C)C3)cc1. The monoisotopic (exact) mass is 300 g/mol. The second-order valence-electron chi connectivity index (χ2n) is 6.64. The van der Waals surface area contributed by atoms with E-state index in [1.807, 2.05) is 38.1 Å². The first-order valence-electron chi connectivity index (χ1n) is 7.37. The van der Waals surface area contributed by atoms with Gasteiger partial charge in [0.1, 0.15) is 5.75 Å². The van der Waals surface area contributed by atoms with Gasteiger partial charge in [-0.15, -0.1) is 0 Å². The molecule has 1 heterocycles. The molecule has 3 rings (SSSR count). The molecule has 2 aliphatic rings. The number of carbonyl (C=O) groups excluding carboxylic acids is 2. The number of allylic oxidation sites excluding steroid dienone is 1. The summed E-state index contributed by atoms with van der Waals surface area (Å²) in [6, 6.07) is 6.78. The van der Waals surface area contributed by atoms with E-state index in [2.05, 4.69) is 10.6 Å². The van der Waals surface area contributed by atoms with Crippen LogP contribution in [0.5, 0.6) is 5.75 Å². The number of nitrogens with one attached hydrogen (secondary N) is 2. The third-order valence-electron chi connectivity index (χ3n) is 4.20. The molecule has 2 amide bonds. The molecular formula is C17H20N2O3. The van der Waals surface area contributed by atoms with E-state index in [1.54, 1.807) is 7.11 Å². The van der Waals surface area contributed by atoms with Crippen LogP contribution in [0, 0.1) is 5.41 Å². The van der Waals surface area contributed by atoms with E-state index in [0.717, 1.165) is 17.0 Å². The van der Waals surface area contributed by atoms with Crippen molar-refractivity contribution in [3.8, 4) is 5.75 Å². The van der Waals surface area contributed by atoms with Gasteiger partial charge in [0.2, 0.25) is 0 Å². The summed E-state index contributed by atoms with van der Waals surface area (Å²) in [4.78, 5) is 24.5. The molecule has 0 fully saturated rings. The number of hydrogen-bond acceptors (Lipinski definition) is 3. The summed E-state index contributed by atoms with van der Waals surface area (Å²) in [6.45, 7) is 4.09. The largest absolute Gasteiger partial charge is 0.497 e. The van der Waals surface area contributed by atoms with Gasteiger partial charge in [-0.1, -0.05) is 26.0 Å². The molecule has 116 valence electrons. The molecular weight excluding hydrogens is 280 g/mol. The van der Waals surface area contributed by atoms with Crippen LogP contribution >= 0.6 is 0 Å². The maximum absolute atomic E-state index is 12.6. The predicted octanol–water partition coefficient (Wildman–Crippen LogP) is 2.69. The first-order chi connectivity index (χ1) is 10.4. The molecule has 0 saturated carbocycles. The van der Waals surface area contributed by atoms with Gasteiger partial charge in [0, 0.05) is 17.7 Å². The summed E-state index contributed by atoms with van der Waals surface area (Å²) in [5.74, 6) is 0.842. The highest BCUT2D eigenvalue weighted by atomic mass is 16.5. The van der Waals surface area contributed by atoms with E-state index in [-0.39, 0.29) is 17.2 Å². The van der Waals surface area contributed by atoms with Crippen LogP contribution in [-0.4, -0.2) is 18.9 Å². The third-order valence-corrected chi connectivity index (χ3v) is 4.20. The molecule has 0 unspecified atom stereocenters. The molecule has 0 saturated heterocycles. The van der Waals surface area contributed by atoms with Gasteiger partial charge in [-0.05, 0) is 29.5 Å². The molecule has 1 aliphatic heterocycles. The number of rotatable bonds is 2. The summed E-state index contributed by atoms with van der Waals surface area (Å²) >= 11 is 0. The van der Waals surface area contributed by atoms with Gasteiger partial charge in [0.15, 0.2) is 5.78 Å². The number of benzene rings is 1. The van der Waals surface area contributed by atoms with Crippen molar-refractivity contribution in [1.82, 2.24) is 10.6 Å². The molecule has 0 aromatic heterocycles. The summed E-state index contributed by atoms with van der Waals surface area (Å²) in [6.07, 6.45) is 1.20. The van der Waals surface area contributed by atoms with Gasteiger partial charge in [0.05, 0.1) is 13.2 Å². The van der Waals surface area contributed by atoms with Crippen molar-refractivity contribution in [2.24, 2.45) is 5.41 Å². The van der Waals surface area contributed by atoms with Gasteiger partial charge in [-0.2, -0.15) is 0 Å². The van der Waals surface area contributed by atoms with E-state index in [4.69, 9.17) is 4.74 Å². The van der Waals surface area contributed by atoms with Gasteiger partial charge < -0.3 is 15.4 Å². The van der Waals surface area contributed by atoms with Crippen LogP contribution < -0.4 is 15.4 Å². The number of methoxy groups -OCH3 is 1. The summed E-state index contributed by atoms with van der Waals surface area (Å²) < 4.78 is 5.15. The van der Waals surface area contributed by atoms with Crippen molar-refractivity contribution in [3.63, 3.8) is 0 Å². The first-order valence-corrected chi connectivity index (χ1v) is 7.37. The molecule has 0 bridgehead atoms. The number of ether oxygens (including phenoxy) is 1. The maximum Gasteiger partial charge on any atom is 0.319 e. The third kappa shape index (κ3) is 2.58. The zero-order chi connectivity index (χ0) is 15.9. The van der Waals surface area contributed by atoms with Crippen molar-refractivity contribution < 1.29 is 14.3 Å². The Labute approximate surface area is 129 Å². The number of amides is 2. The molecule has 0 spiro atoms. The predicted molar refractivity (Wildman–Crippen MR) is 82.5 cm³/mol. The van der Waals surface area contributed by atoms with Crippen LogP contribution in [0.1, 0.15) is 38.3 Å². The van der Waals surface area contributed by atoms with Crippen LogP contribution in [-0.2, 0) is 4.79 Å². The molecule has 1 aliphatic carbocycles. The second-order valence-corrected chi connectivity index (χ2v) is 6.64. The minimum Gasteiger partial charge on any atom is -0.497 e. The quantitative estimate of drug-likeness (QED) is 0.882. The van der Waals surface area contributed by atoms with Crippen LogP contribution in [0.4, 0.5) is 4.79 Å². The van der Waals surface area contributed by atoms with Crippen molar-refractivity contribution in [3.05, 3.63) is 41.1 Å². The fraction of sp³-hybridized carbons (Fsp3) is 0.412. The Balaban J connectivity index is 2.02. The zero-order valence-electron chi connectivity index (χ0n) is 13.0. The number of urea groups is 1. The Hall–Kier alpha value is -2.30. The van der Waals surface area contributed by atoms with E-state index in [0.29, 0.717) is 18.4 Å². The Bertz CT molecular complexity index is 659. The molecule has 5 nitrogen and oxygen atoms in total. The highest BCUT2D eigenvalue weighted by molar-refractivity contribution is 6.01. The first kappa shape index (κ1) is 14.6. The van der Waals surface area contributed by atoms with Crippen LogP contribution in [0.25, 0.3) is 0 Å². The average Bonchev–Trinajstić information content (AvgIpc) is 2.44. The van der Waals surface area contributed by atoms with Crippen LogP contribution in [0.3, 0.4) is 0 Å². The molecule has 22 heavy (non-hydrogen) atoms. The molecule has 2 N–H and O–H groups in total. The van der Waals surface area contributed by atoms with E-state index in [9.17, 15) is 9.59 Å². The zero-order valence-corrected chi connectivity index (χ0v) is 13.0. The highest BCUT2D eigenvalue weighted by Crippen LogP contribution is 2.41. The highest BCUT2D eigenvalue weighted by Gasteiger charge is 2.40. The van der Waals surface area contributed by atoms with E-state index in [1.165, 1.54) is 0 Å². The Morgan fingerprint density at radius 3 is 2.45 bits per heavy atom. The fourth-order valence-electron chi connectivity index (χ4n) is 3.20. The number of hydrogen-bond donors (Lipinski definition) is 2. The Morgan fingerprint density at radius 1 is 1.14 bits per heavy atom. The lowest BCUT2D eigenvalue weighted by molar-refractivity contribution is -0.118. The van der Waals surface area contributed by atoms with Gasteiger partial charge in [-0.3, -0.25) is 4.79 Å². The van der Waals surface area contributed by atoms with Crippen molar-refractivity contribution in [2.45, 2.75) is 32.7 Å². The Kier molecular flexibility index (Phi) is 3.43. The Morgan fingerprint density at radius 2 is 1.82 bits per heavy atom. The number of ketones is 1. The lowest BCUT2D eigenvalue weighted by atomic mass is 9.73. The normalized spacial score (nSPS) is 23.5. The van der Waals surface area contributed by atoms with Crippen molar-refractivity contribution >= 4 is 11.8 Å². The molecule has 1 aromatic carbocycles. The lowest BCUT2D eigenvalue weighted by Crippen LogP contribution is -2.48. The summed E-state index contributed by atoms with van der Waals surface area (Å²) in [7, 11) is 1.61. The number of Topliss-reactive ketones (excluding diaryl/α,β-unsaturated/α-hetero) is 1. The van der Waals surface area contributed by atoms with E-state index >= 15 is 0 Å². The molecule has 5 heteroatoms. The van der Waals surface area contributed by atoms with Gasteiger partial charge in [0.25, 0.3) is 0 Å². The average molecular weight is 300 g/mol. The summed E-state index contributed by atoms with van der Waals surface area (Å²) in [5.41, 5.74) is 2.21. The fourth-order valence-corrected chi connectivity index (χ4v) is 3.20. The van der Waals surface area contributed by atoms with Crippen LogP contribution in [0.15, 0.2) is 35.5 Å². The van der Waals surface area contributed by atoms with Crippen LogP contribution in [0.2, 0.25) is 0 Å². The van der Waals surface area contributed by atoms with Crippen molar-refractivity contribution in [1.29, 1.82) is 0 Å². The minimum atomic E-state index is -0.391. The maximum atomic E-state index is 12.6. The van der Waals surface area contributed by atoms with Crippen molar-refractivity contribution in [2.75, 3.05) is 7.11 Å². The molecule has 0 radical (unpaired) electrons. The standard InChI is InChI=1S/C17H20N2O3/c1-17(2)8-12-14(13(20)9-17)15(19-16(21)18-12)10-4-6-11(22-3)7-5-10/h4-7,15H,8-9H2,1-3H3,(H2,18,19,21)/t15-/m1/s1. The number of carbonyl (C=O) groups is 2. The molecule has 1 aromatic rings. The minimum absolute atomic E-state index is 0.0968. The molecule has 1 atom stereocenters. The second kappa shape index (κ2) is 5.16. The van der Waals surface area contributed by atoms with E-state index < -0.39 is 6.04 Å². The van der Waals surface area contributed by atoms with Gasteiger partial charge in [-0.25, -0.2) is 4.79 Å². The lowest BCUT2D eigenvalue weighted by Gasteiger charge is -2.38. The topological polar surface area (TPSA) is 67.4 Å². The van der Waals surface area contributed by atoms with Gasteiger partial charge >= 0.3 is 6.03 Å².